The molecule has 32 heavy (non-hydrogen) atoms. The summed E-state index contributed by atoms with van der Waals surface area (Å²) in [6.45, 7) is 3.17. The highest BCUT2D eigenvalue weighted by Crippen LogP contribution is 2.30. The quantitative estimate of drug-likeness (QED) is 0.398. The van der Waals surface area contributed by atoms with E-state index in [-0.39, 0.29) is 5.91 Å². The molecule has 3 heterocycles. The van der Waals surface area contributed by atoms with Crippen LogP contribution in [-0.4, -0.2) is 57.5 Å². The number of nitrogens with zero attached hydrogens (tertiary/aromatic N) is 5. The predicted octanol–water partition coefficient (Wildman–Crippen LogP) is 4.44. The second-order valence-corrected chi connectivity index (χ2v) is 9.34. The Morgan fingerprint density at radius 3 is 2.19 bits per heavy atom. The first-order valence-electron chi connectivity index (χ1n) is 10.5. The van der Waals surface area contributed by atoms with Crippen molar-refractivity contribution in [3.05, 3.63) is 78.2 Å². The third-order valence-corrected chi connectivity index (χ3v) is 7.25. The fourth-order valence-corrected chi connectivity index (χ4v) is 5.36. The maximum atomic E-state index is 12.9. The molecule has 5 rings (SSSR count). The van der Waals surface area contributed by atoms with Gasteiger partial charge in [-0.05, 0) is 35.7 Å². The zero-order valence-electron chi connectivity index (χ0n) is 17.5. The molecule has 0 N–H and O–H groups in total. The minimum Gasteiger partial charge on any atom is -0.368 e. The maximum absolute atomic E-state index is 12.9. The van der Waals surface area contributed by atoms with Crippen molar-refractivity contribution in [2.45, 2.75) is 5.16 Å². The van der Waals surface area contributed by atoms with Crippen molar-refractivity contribution < 1.29 is 4.79 Å². The van der Waals surface area contributed by atoms with E-state index in [1.807, 2.05) is 63.4 Å². The number of aromatic nitrogens is 3. The number of amides is 1. The van der Waals surface area contributed by atoms with Crippen molar-refractivity contribution >= 4 is 34.7 Å². The Kier molecular flexibility index (Phi) is 6.22. The van der Waals surface area contributed by atoms with Gasteiger partial charge in [0.15, 0.2) is 11.0 Å². The number of thioether (sulfide) groups is 1. The van der Waals surface area contributed by atoms with Crippen LogP contribution in [0.4, 0.5) is 5.69 Å². The summed E-state index contributed by atoms with van der Waals surface area (Å²) < 4.78 is 2.04. The second kappa shape index (κ2) is 9.58. The Morgan fingerprint density at radius 1 is 0.844 bits per heavy atom. The van der Waals surface area contributed by atoms with Crippen LogP contribution >= 0.6 is 23.1 Å². The first-order chi connectivity index (χ1) is 15.8. The molecule has 1 saturated heterocycles. The van der Waals surface area contributed by atoms with E-state index in [0.29, 0.717) is 5.75 Å². The Bertz CT molecular complexity index is 1150. The average molecular weight is 462 g/mol. The average Bonchev–Trinajstić information content (AvgIpc) is 3.54. The van der Waals surface area contributed by atoms with Crippen molar-refractivity contribution in [1.82, 2.24) is 19.7 Å². The van der Waals surface area contributed by atoms with Gasteiger partial charge in [-0.15, -0.1) is 21.5 Å². The topological polar surface area (TPSA) is 54.3 Å². The zero-order chi connectivity index (χ0) is 21.8. The Hall–Kier alpha value is -3.10. The first-order valence-corrected chi connectivity index (χ1v) is 12.4. The summed E-state index contributed by atoms with van der Waals surface area (Å²) in [6.07, 6.45) is 0. The number of hydrogen-bond donors (Lipinski definition) is 0. The molecule has 0 unspecified atom stereocenters. The summed E-state index contributed by atoms with van der Waals surface area (Å²) in [5.41, 5.74) is 2.21. The number of piperazine rings is 1. The highest BCUT2D eigenvalue weighted by atomic mass is 32.2. The van der Waals surface area contributed by atoms with E-state index in [1.165, 1.54) is 17.4 Å². The molecule has 1 aliphatic heterocycles. The van der Waals surface area contributed by atoms with Gasteiger partial charge < -0.3 is 9.80 Å². The molecule has 2 aromatic carbocycles. The fourth-order valence-electron chi connectivity index (χ4n) is 3.81. The molecule has 8 heteroatoms. The molecule has 1 aliphatic rings. The molecule has 1 amide bonds. The molecule has 162 valence electrons. The van der Waals surface area contributed by atoms with Gasteiger partial charge in [-0.2, -0.15) is 0 Å². The van der Waals surface area contributed by atoms with Crippen LogP contribution < -0.4 is 4.90 Å². The largest absolute Gasteiger partial charge is 0.368 e. The molecule has 6 nitrogen and oxygen atoms in total. The molecule has 0 aliphatic carbocycles. The van der Waals surface area contributed by atoms with Gasteiger partial charge in [0.25, 0.3) is 0 Å². The standard InChI is InChI=1S/C24H23N5OS2/c30-22(28-15-13-27(14-16-28)19-8-3-1-4-9-19)18-32-24-26-25-23(21-12-7-17-31-21)29(24)20-10-5-2-6-11-20/h1-12,17H,13-16,18H2. The summed E-state index contributed by atoms with van der Waals surface area (Å²) in [7, 11) is 0. The fraction of sp³-hybridized carbons (Fsp3) is 0.208. The molecule has 0 saturated carbocycles. The van der Waals surface area contributed by atoms with E-state index in [1.54, 1.807) is 11.3 Å². The number of thiophene rings is 1. The molecule has 0 atom stereocenters. The van der Waals surface area contributed by atoms with Crippen LogP contribution in [0.2, 0.25) is 0 Å². The smallest absolute Gasteiger partial charge is 0.233 e. The van der Waals surface area contributed by atoms with Crippen molar-refractivity contribution in [1.29, 1.82) is 0 Å². The van der Waals surface area contributed by atoms with E-state index in [0.717, 1.165) is 47.7 Å². The Labute approximate surface area is 195 Å². The van der Waals surface area contributed by atoms with Crippen molar-refractivity contribution in [3.8, 4) is 16.4 Å². The summed E-state index contributed by atoms with van der Waals surface area (Å²) in [4.78, 5) is 18.3. The molecule has 0 spiro atoms. The highest BCUT2D eigenvalue weighted by molar-refractivity contribution is 7.99. The number of hydrogen-bond acceptors (Lipinski definition) is 6. The summed E-state index contributed by atoms with van der Waals surface area (Å²) >= 11 is 3.08. The number of anilines is 1. The van der Waals surface area contributed by atoms with Gasteiger partial charge in [0, 0.05) is 37.6 Å². The highest BCUT2D eigenvalue weighted by Gasteiger charge is 2.23. The van der Waals surface area contributed by atoms with Crippen LogP contribution in [0.15, 0.2) is 83.3 Å². The zero-order valence-corrected chi connectivity index (χ0v) is 19.1. The van der Waals surface area contributed by atoms with E-state index in [4.69, 9.17) is 0 Å². The first kappa shape index (κ1) is 20.8. The van der Waals surface area contributed by atoms with Gasteiger partial charge in [0.2, 0.25) is 5.91 Å². The van der Waals surface area contributed by atoms with Gasteiger partial charge in [0.1, 0.15) is 0 Å². The van der Waals surface area contributed by atoms with E-state index in [2.05, 4.69) is 39.4 Å². The number of para-hydroxylation sites is 2. The third kappa shape index (κ3) is 4.42. The monoisotopic (exact) mass is 461 g/mol. The molecular formula is C24H23N5OS2. The van der Waals surface area contributed by atoms with Gasteiger partial charge in [0.05, 0.1) is 10.6 Å². The summed E-state index contributed by atoms with van der Waals surface area (Å²) in [5, 5.41) is 11.6. The molecular weight excluding hydrogens is 438 g/mol. The minimum atomic E-state index is 0.142. The molecule has 0 bridgehead atoms. The SMILES string of the molecule is O=C(CSc1nnc(-c2cccs2)n1-c1ccccc1)N1CCN(c2ccccc2)CC1. The number of carbonyl (C=O) groups excluding carboxylic acids is 1. The number of carbonyl (C=O) groups is 1. The van der Waals surface area contributed by atoms with Gasteiger partial charge in [-0.1, -0.05) is 54.2 Å². The lowest BCUT2D eigenvalue weighted by molar-refractivity contribution is -0.128. The lowest BCUT2D eigenvalue weighted by atomic mass is 10.2. The van der Waals surface area contributed by atoms with Crippen LogP contribution in [0, 0.1) is 0 Å². The second-order valence-electron chi connectivity index (χ2n) is 7.45. The van der Waals surface area contributed by atoms with Gasteiger partial charge in [-0.3, -0.25) is 9.36 Å². The Balaban J connectivity index is 1.27. The molecule has 1 fully saturated rings. The molecule has 2 aromatic heterocycles. The molecule has 0 radical (unpaired) electrons. The van der Waals surface area contributed by atoms with Crippen LogP contribution in [0.1, 0.15) is 0 Å². The summed E-state index contributed by atoms with van der Waals surface area (Å²) in [6, 6.07) is 24.5. The van der Waals surface area contributed by atoms with Gasteiger partial charge in [-0.25, -0.2) is 0 Å². The van der Waals surface area contributed by atoms with Gasteiger partial charge >= 0.3 is 0 Å². The van der Waals surface area contributed by atoms with E-state index in [9.17, 15) is 4.79 Å². The van der Waals surface area contributed by atoms with Crippen LogP contribution in [0.3, 0.4) is 0 Å². The van der Waals surface area contributed by atoms with E-state index < -0.39 is 0 Å². The van der Waals surface area contributed by atoms with Crippen LogP contribution in [0.5, 0.6) is 0 Å². The van der Waals surface area contributed by atoms with E-state index >= 15 is 0 Å². The minimum absolute atomic E-state index is 0.142. The maximum Gasteiger partial charge on any atom is 0.233 e. The number of benzene rings is 2. The third-order valence-electron chi connectivity index (χ3n) is 5.47. The normalized spacial score (nSPS) is 14.0. The summed E-state index contributed by atoms with van der Waals surface area (Å²) in [5.74, 6) is 1.29. The van der Waals surface area contributed by atoms with Crippen molar-refractivity contribution in [2.24, 2.45) is 0 Å². The van der Waals surface area contributed by atoms with Crippen molar-refractivity contribution in [2.75, 3.05) is 36.8 Å². The Morgan fingerprint density at radius 2 is 1.53 bits per heavy atom. The number of rotatable bonds is 6. The molecule has 4 aromatic rings. The van der Waals surface area contributed by atoms with Crippen molar-refractivity contribution in [3.63, 3.8) is 0 Å². The van der Waals surface area contributed by atoms with Crippen LogP contribution in [0.25, 0.3) is 16.4 Å². The predicted molar refractivity (Wildman–Crippen MR) is 131 cm³/mol. The lowest BCUT2D eigenvalue weighted by Crippen LogP contribution is -2.49. The van der Waals surface area contributed by atoms with Crippen LogP contribution in [-0.2, 0) is 4.79 Å². The lowest BCUT2D eigenvalue weighted by Gasteiger charge is -2.36.